The van der Waals surface area contributed by atoms with Crippen LogP contribution in [0.15, 0.2) is 87.5 Å². The monoisotopic (exact) mass is 403 g/mol. The van der Waals surface area contributed by atoms with Crippen LogP contribution in [0.25, 0.3) is 0 Å². The summed E-state index contributed by atoms with van der Waals surface area (Å²) >= 11 is 3.63. The van der Waals surface area contributed by atoms with Crippen molar-refractivity contribution in [2.45, 2.75) is 12.1 Å². The van der Waals surface area contributed by atoms with Gasteiger partial charge in [0, 0.05) is 15.6 Å². The number of azo groups is 1. The topological polar surface area (TPSA) is 45.0 Å². The zero-order valence-electron chi connectivity index (χ0n) is 13.8. The predicted octanol–water partition coefficient (Wildman–Crippen LogP) is 5.34. The molecule has 3 aromatic rings. The normalized spacial score (nSPS) is 19.9. The van der Waals surface area contributed by atoms with E-state index in [0.717, 1.165) is 32.5 Å². The Bertz CT molecular complexity index is 1060. The fourth-order valence-electron chi connectivity index (χ4n) is 3.82. The summed E-state index contributed by atoms with van der Waals surface area (Å²) in [5, 5.41) is 8.82. The van der Waals surface area contributed by atoms with Gasteiger partial charge < -0.3 is 4.90 Å². The van der Waals surface area contributed by atoms with Crippen LogP contribution in [0.5, 0.6) is 0 Å². The van der Waals surface area contributed by atoms with Crippen LogP contribution in [0.4, 0.5) is 11.4 Å². The molecule has 2 aliphatic rings. The van der Waals surface area contributed by atoms with Crippen molar-refractivity contribution in [1.29, 1.82) is 0 Å². The second kappa shape index (κ2) is 5.61. The number of halogens is 1. The summed E-state index contributed by atoms with van der Waals surface area (Å²) < 4.78 is 0.885. The maximum atomic E-state index is 13.7. The largest absolute Gasteiger partial charge is 0.304 e. The highest BCUT2D eigenvalue weighted by atomic mass is 79.9. The van der Waals surface area contributed by atoms with Gasteiger partial charge in [0.1, 0.15) is 0 Å². The van der Waals surface area contributed by atoms with Crippen LogP contribution in [0.2, 0.25) is 0 Å². The Morgan fingerprint density at radius 3 is 2.46 bits per heavy atom. The molecule has 0 fully saturated rings. The van der Waals surface area contributed by atoms with Gasteiger partial charge in [-0.1, -0.05) is 60.7 Å². The third kappa shape index (κ3) is 1.98. The maximum absolute atomic E-state index is 13.7. The molecule has 26 heavy (non-hydrogen) atoms. The third-order valence-electron chi connectivity index (χ3n) is 4.99. The molecular weight excluding hydrogens is 390 g/mol. The van der Waals surface area contributed by atoms with Gasteiger partial charge in [0.15, 0.2) is 0 Å². The van der Waals surface area contributed by atoms with Crippen LogP contribution in [0.1, 0.15) is 16.7 Å². The Balaban J connectivity index is 1.72. The number of nitrogens with zero attached hydrogens (tertiary/aromatic N) is 3. The summed E-state index contributed by atoms with van der Waals surface area (Å²) in [6.07, 6.45) is 0. The molecule has 0 aromatic heterocycles. The van der Waals surface area contributed by atoms with Crippen molar-refractivity contribution in [2.24, 2.45) is 10.2 Å². The lowest BCUT2D eigenvalue weighted by atomic mass is 9.85. The SMILES string of the molecule is O=C1N(Cc2ccccc2)c2c(Br)cccc2C12N=Nc1ccccc12. The third-order valence-corrected chi connectivity index (χ3v) is 5.63. The van der Waals surface area contributed by atoms with E-state index in [0.29, 0.717) is 6.54 Å². The van der Waals surface area contributed by atoms with Crippen molar-refractivity contribution < 1.29 is 4.79 Å². The number of anilines is 1. The molecule has 0 radical (unpaired) electrons. The van der Waals surface area contributed by atoms with Crippen LogP contribution < -0.4 is 4.90 Å². The van der Waals surface area contributed by atoms with Gasteiger partial charge in [0.25, 0.3) is 5.91 Å². The van der Waals surface area contributed by atoms with Crippen molar-refractivity contribution in [3.05, 3.63) is 94.0 Å². The molecule has 0 saturated carbocycles. The number of rotatable bonds is 2. The number of fused-ring (bicyclic) bond motifs is 4. The Hall–Kier alpha value is -2.79. The minimum atomic E-state index is -1.08. The molecule has 4 nitrogen and oxygen atoms in total. The molecule has 3 aromatic carbocycles. The smallest absolute Gasteiger partial charge is 0.266 e. The average molecular weight is 404 g/mol. The van der Waals surface area contributed by atoms with E-state index in [9.17, 15) is 4.79 Å². The quantitative estimate of drug-likeness (QED) is 0.569. The molecule has 126 valence electrons. The number of amides is 1. The highest BCUT2D eigenvalue weighted by Gasteiger charge is 2.56. The Kier molecular flexibility index (Phi) is 3.34. The Labute approximate surface area is 159 Å². The summed E-state index contributed by atoms with van der Waals surface area (Å²) in [4.78, 5) is 15.5. The zero-order valence-corrected chi connectivity index (χ0v) is 15.3. The number of carbonyl (C=O) groups excluding carboxylic acids is 1. The fourth-order valence-corrected chi connectivity index (χ4v) is 4.40. The van der Waals surface area contributed by atoms with Gasteiger partial charge in [-0.2, -0.15) is 10.2 Å². The molecule has 0 N–H and O–H groups in total. The Morgan fingerprint density at radius 2 is 1.62 bits per heavy atom. The summed E-state index contributed by atoms with van der Waals surface area (Å²) in [6, 6.07) is 23.6. The second-order valence-electron chi connectivity index (χ2n) is 6.44. The summed E-state index contributed by atoms with van der Waals surface area (Å²) in [5.74, 6) is -0.0584. The molecule has 1 amide bonds. The van der Waals surface area contributed by atoms with Gasteiger partial charge in [0.05, 0.1) is 17.9 Å². The summed E-state index contributed by atoms with van der Waals surface area (Å²) in [6.45, 7) is 0.495. The molecule has 0 aliphatic carbocycles. The van der Waals surface area contributed by atoms with E-state index in [1.807, 2.05) is 77.7 Å². The lowest BCUT2D eigenvalue weighted by Gasteiger charge is -2.21. The first kappa shape index (κ1) is 15.5. The van der Waals surface area contributed by atoms with Gasteiger partial charge in [0.2, 0.25) is 5.54 Å². The van der Waals surface area contributed by atoms with Gasteiger partial charge in [-0.15, -0.1) is 0 Å². The van der Waals surface area contributed by atoms with E-state index >= 15 is 0 Å². The minimum Gasteiger partial charge on any atom is -0.304 e. The number of hydrogen-bond donors (Lipinski definition) is 0. The van der Waals surface area contributed by atoms with Crippen molar-refractivity contribution >= 4 is 33.2 Å². The van der Waals surface area contributed by atoms with Gasteiger partial charge in [-0.25, -0.2) is 0 Å². The molecule has 2 heterocycles. The summed E-state index contributed by atoms with van der Waals surface area (Å²) in [7, 11) is 0. The first-order chi connectivity index (χ1) is 12.7. The van der Waals surface area contributed by atoms with E-state index in [1.54, 1.807) is 0 Å². The highest BCUT2D eigenvalue weighted by molar-refractivity contribution is 9.10. The van der Waals surface area contributed by atoms with Crippen molar-refractivity contribution in [2.75, 3.05) is 4.90 Å². The molecule has 0 saturated heterocycles. The standard InChI is InChI=1S/C21H14BrN3O/c22-17-11-6-10-16-19(17)25(13-14-7-2-1-3-8-14)20(26)21(16)15-9-4-5-12-18(15)23-24-21/h1-12H,13H2. The van der Waals surface area contributed by atoms with Crippen LogP contribution in [-0.2, 0) is 16.9 Å². The second-order valence-corrected chi connectivity index (χ2v) is 7.29. The molecule has 5 heteroatoms. The van der Waals surface area contributed by atoms with E-state index in [4.69, 9.17) is 0 Å². The van der Waals surface area contributed by atoms with E-state index < -0.39 is 5.54 Å². The molecule has 1 atom stereocenters. The Morgan fingerprint density at radius 1 is 0.885 bits per heavy atom. The predicted molar refractivity (Wildman–Crippen MR) is 104 cm³/mol. The fraction of sp³-hybridized carbons (Fsp3) is 0.0952. The van der Waals surface area contributed by atoms with Crippen molar-refractivity contribution in [3.8, 4) is 0 Å². The molecule has 2 aliphatic heterocycles. The first-order valence-corrected chi connectivity index (χ1v) is 9.18. The van der Waals surface area contributed by atoms with Crippen LogP contribution in [0, 0.1) is 0 Å². The minimum absolute atomic E-state index is 0.0584. The zero-order chi connectivity index (χ0) is 17.7. The lowest BCUT2D eigenvalue weighted by Crippen LogP contribution is -2.38. The molecule has 1 unspecified atom stereocenters. The van der Waals surface area contributed by atoms with Gasteiger partial charge in [-0.3, -0.25) is 4.79 Å². The number of hydrogen-bond acceptors (Lipinski definition) is 3. The number of carbonyl (C=O) groups is 1. The molecule has 1 spiro atoms. The van der Waals surface area contributed by atoms with Crippen molar-refractivity contribution in [3.63, 3.8) is 0 Å². The van der Waals surface area contributed by atoms with Crippen LogP contribution >= 0.6 is 15.9 Å². The van der Waals surface area contributed by atoms with Gasteiger partial charge >= 0.3 is 0 Å². The number of para-hydroxylation sites is 1. The maximum Gasteiger partial charge on any atom is 0.266 e. The van der Waals surface area contributed by atoms with Gasteiger partial charge in [-0.05, 0) is 33.6 Å². The molecule has 0 bridgehead atoms. The molecular formula is C21H14BrN3O. The first-order valence-electron chi connectivity index (χ1n) is 8.39. The number of benzene rings is 3. The van der Waals surface area contributed by atoms with E-state index in [1.165, 1.54) is 0 Å². The highest BCUT2D eigenvalue weighted by Crippen LogP contribution is 2.55. The average Bonchev–Trinajstić information content (AvgIpc) is 3.17. The van der Waals surface area contributed by atoms with Crippen molar-refractivity contribution in [1.82, 2.24) is 0 Å². The summed E-state index contributed by atoms with van der Waals surface area (Å²) in [5.41, 5.74) is 3.35. The van der Waals surface area contributed by atoms with Crippen LogP contribution in [-0.4, -0.2) is 5.91 Å². The van der Waals surface area contributed by atoms with Crippen LogP contribution in [0.3, 0.4) is 0 Å². The van der Waals surface area contributed by atoms with E-state index in [2.05, 4.69) is 26.2 Å². The molecule has 5 rings (SSSR count). The lowest BCUT2D eigenvalue weighted by molar-refractivity contribution is -0.121. The van der Waals surface area contributed by atoms with E-state index in [-0.39, 0.29) is 5.91 Å².